The van der Waals surface area contributed by atoms with E-state index in [1.165, 1.54) is 9.79 Å². The van der Waals surface area contributed by atoms with Crippen LogP contribution >= 0.6 is 23.5 Å². The molecule has 1 aromatic rings. The Morgan fingerprint density at radius 2 is 1.50 bits per heavy atom. The lowest BCUT2D eigenvalue weighted by Gasteiger charge is -2.04. The quantitative estimate of drug-likeness (QED) is 0.675. The Bertz CT molecular complexity index is 226. The number of thioether (sulfide) groups is 2. The summed E-state index contributed by atoms with van der Waals surface area (Å²) < 4.78 is 0. The first-order valence-corrected chi connectivity index (χ1v) is 6.13. The maximum Gasteiger partial charge on any atom is 0.00753 e. The first kappa shape index (κ1) is 10.0. The van der Waals surface area contributed by atoms with Crippen LogP contribution in [0.25, 0.3) is 0 Å². The van der Waals surface area contributed by atoms with Gasteiger partial charge in [-0.1, -0.05) is 13.8 Å². The van der Waals surface area contributed by atoms with Crippen molar-refractivity contribution in [2.45, 2.75) is 28.9 Å². The summed E-state index contributed by atoms with van der Waals surface area (Å²) in [7, 11) is 0. The molecule has 66 valence electrons. The average molecular weight is 198 g/mol. The van der Waals surface area contributed by atoms with Crippen LogP contribution in [0, 0.1) is 0 Å². The third-order valence-corrected chi connectivity index (χ3v) is 3.19. The highest BCUT2D eigenvalue weighted by Gasteiger charge is 1.97. The Hall–Kier alpha value is -0.0800. The predicted molar refractivity (Wildman–Crippen MR) is 59.2 cm³/mol. The number of rotatable bonds is 3. The van der Waals surface area contributed by atoms with E-state index in [4.69, 9.17) is 0 Å². The summed E-state index contributed by atoms with van der Waals surface area (Å²) in [6, 6.07) is 8.73. The van der Waals surface area contributed by atoms with E-state index in [0.29, 0.717) is 5.25 Å². The van der Waals surface area contributed by atoms with Crippen molar-refractivity contribution < 1.29 is 0 Å². The second-order valence-corrected chi connectivity index (χ2v) is 5.37. The molecule has 0 atom stereocenters. The van der Waals surface area contributed by atoms with Crippen LogP contribution in [0.2, 0.25) is 0 Å². The second-order valence-electron chi connectivity index (χ2n) is 2.84. The minimum Gasteiger partial charge on any atom is -0.130 e. The van der Waals surface area contributed by atoms with Crippen LogP contribution in [-0.2, 0) is 0 Å². The van der Waals surface area contributed by atoms with E-state index in [9.17, 15) is 0 Å². The summed E-state index contributed by atoms with van der Waals surface area (Å²) in [5.74, 6) is 0. The maximum atomic E-state index is 2.22. The number of hydrogen-bond acceptors (Lipinski definition) is 2. The smallest absolute Gasteiger partial charge is 0.00753 e. The normalized spacial score (nSPS) is 10.7. The van der Waals surface area contributed by atoms with Crippen LogP contribution in [-0.4, -0.2) is 11.5 Å². The van der Waals surface area contributed by atoms with Crippen molar-refractivity contribution in [3.63, 3.8) is 0 Å². The Morgan fingerprint density at radius 1 is 1.00 bits per heavy atom. The van der Waals surface area contributed by atoms with Crippen molar-refractivity contribution in [3.05, 3.63) is 24.3 Å². The van der Waals surface area contributed by atoms with Gasteiger partial charge in [0.05, 0.1) is 0 Å². The summed E-state index contributed by atoms with van der Waals surface area (Å²) in [5.41, 5.74) is 0. The molecule has 0 aromatic heterocycles. The first-order valence-electron chi connectivity index (χ1n) is 4.03. The van der Waals surface area contributed by atoms with Gasteiger partial charge in [0.1, 0.15) is 0 Å². The molecule has 0 N–H and O–H groups in total. The zero-order valence-corrected chi connectivity index (χ0v) is 9.34. The molecule has 0 saturated heterocycles. The Morgan fingerprint density at radius 3 is 1.92 bits per heavy atom. The van der Waals surface area contributed by atoms with Crippen molar-refractivity contribution in [2.75, 3.05) is 6.26 Å². The van der Waals surface area contributed by atoms with Gasteiger partial charge in [-0.2, -0.15) is 0 Å². The molecule has 0 saturated carbocycles. The number of benzene rings is 1. The Labute approximate surface area is 83.1 Å². The number of hydrogen-bond donors (Lipinski definition) is 0. The Kier molecular flexibility index (Phi) is 4.02. The second kappa shape index (κ2) is 4.83. The standard InChI is InChI=1S/C10H14S2/c1-8(2)12-10-6-4-9(11-3)5-7-10/h4-8H,1-3H3. The fourth-order valence-electron chi connectivity index (χ4n) is 0.926. The summed E-state index contributed by atoms with van der Waals surface area (Å²) >= 11 is 3.70. The van der Waals surface area contributed by atoms with E-state index in [0.717, 1.165) is 0 Å². The van der Waals surface area contributed by atoms with Crippen molar-refractivity contribution >= 4 is 23.5 Å². The molecule has 0 aliphatic heterocycles. The molecular formula is C10H14S2. The summed E-state index contributed by atoms with van der Waals surface area (Å²) in [5, 5.41) is 0.671. The summed E-state index contributed by atoms with van der Waals surface area (Å²) in [6.45, 7) is 4.43. The van der Waals surface area contributed by atoms with E-state index in [2.05, 4.69) is 44.4 Å². The van der Waals surface area contributed by atoms with E-state index in [1.54, 1.807) is 11.8 Å². The molecule has 1 aromatic carbocycles. The zero-order valence-electron chi connectivity index (χ0n) is 7.70. The highest BCUT2D eigenvalue weighted by atomic mass is 32.2. The van der Waals surface area contributed by atoms with Gasteiger partial charge in [-0.3, -0.25) is 0 Å². The maximum absolute atomic E-state index is 2.22. The van der Waals surface area contributed by atoms with Crippen LogP contribution in [0.5, 0.6) is 0 Å². The first-order chi connectivity index (χ1) is 5.72. The molecule has 1 rings (SSSR count). The van der Waals surface area contributed by atoms with Crippen molar-refractivity contribution in [1.82, 2.24) is 0 Å². The fraction of sp³-hybridized carbons (Fsp3) is 0.400. The lowest BCUT2D eigenvalue weighted by Crippen LogP contribution is -1.84. The minimum atomic E-state index is 0.671. The lowest BCUT2D eigenvalue weighted by atomic mass is 10.4. The molecule has 0 nitrogen and oxygen atoms in total. The van der Waals surface area contributed by atoms with Gasteiger partial charge in [-0.05, 0) is 30.5 Å². The van der Waals surface area contributed by atoms with Crippen LogP contribution in [0.3, 0.4) is 0 Å². The topological polar surface area (TPSA) is 0 Å². The molecule has 0 fully saturated rings. The van der Waals surface area contributed by atoms with E-state index >= 15 is 0 Å². The molecule has 0 unspecified atom stereocenters. The van der Waals surface area contributed by atoms with Gasteiger partial charge in [0.2, 0.25) is 0 Å². The largest absolute Gasteiger partial charge is 0.130 e. The monoisotopic (exact) mass is 198 g/mol. The van der Waals surface area contributed by atoms with Crippen molar-refractivity contribution in [2.24, 2.45) is 0 Å². The van der Waals surface area contributed by atoms with Gasteiger partial charge in [0.15, 0.2) is 0 Å². The molecule has 0 bridgehead atoms. The van der Waals surface area contributed by atoms with Gasteiger partial charge in [0, 0.05) is 15.0 Å². The lowest BCUT2D eigenvalue weighted by molar-refractivity contribution is 1.11. The van der Waals surface area contributed by atoms with E-state index < -0.39 is 0 Å². The molecule has 2 heteroatoms. The highest BCUT2D eigenvalue weighted by molar-refractivity contribution is 8.00. The zero-order chi connectivity index (χ0) is 8.97. The predicted octanol–water partition coefficient (Wildman–Crippen LogP) is 3.91. The van der Waals surface area contributed by atoms with Crippen LogP contribution in [0.1, 0.15) is 13.8 Å². The molecule has 0 aliphatic carbocycles. The van der Waals surface area contributed by atoms with Gasteiger partial charge in [0.25, 0.3) is 0 Å². The van der Waals surface area contributed by atoms with E-state index in [-0.39, 0.29) is 0 Å². The third kappa shape index (κ3) is 3.11. The van der Waals surface area contributed by atoms with Crippen LogP contribution in [0.15, 0.2) is 34.1 Å². The molecule has 0 amide bonds. The highest BCUT2D eigenvalue weighted by Crippen LogP contribution is 2.24. The molecule has 0 aliphatic rings. The molecule has 12 heavy (non-hydrogen) atoms. The van der Waals surface area contributed by atoms with Crippen LogP contribution in [0.4, 0.5) is 0 Å². The SMILES string of the molecule is CSc1ccc(SC(C)C)cc1. The molecule has 0 radical (unpaired) electrons. The molecular weight excluding hydrogens is 184 g/mol. The van der Waals surface area contributed by atoms with Crippen molar-refractivity contribution in [3.8, 4) is 0 Å². The van der Waals surface area contributed by atoms with Crippen LogP contribution < -0.4 is 0 Å². The fourth-order valence-corrected chi connectivity index (χ4v) is 2.17. The average Bonchev–Trinajstić information content (AvgIpc) is 2.05. The summed E-state index contributed by atoms with van der Waals surface area (Å²) in [4.78, 5) is 2.70. The van der Waals surface area contributed by atoms with Gasteiger partial charge < -0.3 is 0 Å². The Balaban J connectivity index is 2.65. The van der Waals surface area contributed by atoms with E-state index in [1.807, 2.05) is 11.8 Å². The van der Waals surface area contributed by atoms with Gasteiger partial charge in [-0.15, -0.1) is 23.5 Å². The molecule has 0 heterocycles. The summed E-state index contributed by atoms with van der Waals surface area (Å²) in [6.07, 6.45) is 2.10. The van der Waals surface area contributed by atoms with Crippen molar-refractivity contribution in [1.29, 1.82) is 0 Å². The van der Waals surface area contributed by atoms with Gasteiger partial charge >= 0.3 is 0 Å². The minimum absolute atomic E-state index is 0.671. The molecule has 0 spiro atoms. The third-order valence-electron chi connectivity index (χ3n) is 1.43. The van der Waals surface area contributed by atoms with Gasteiger partial charge in [-0.25, -0.2) is 0 Å².